The molecule has 0 radical (unpaired) electrons. The second-order valence-corrected chi connectivity index (χ2v) is 9.49. The second-order valence-electron chi connectivity index (χ2n) is 9.49. The third-order valence-corrected chi connectivity index (χ3v) is 7.35. The summed E-state index contributed by atoms with van der Waals surface area (Å²) in [6.45, 7) is 3.23. The minimum Gasteiger partial charge on any atom is -0.478 e. The highest BCUT2D eigenvalue weighted by molar-refractivity contribution is 5.88. The van der Waals surface area contributed by atoms with E-state index < -0.39 is 11.8 Å². The Bertz CT molecular complexity index is 1660. The number of carboxylic acid groups (broad SMARTS) is 1. The first kappa shape index (κ1) is 22.7. The highest BCUT2D eigenvalue weighted by Crippen LogP contribution is 2.55. The Morgan fingerprint density at radius 2 is 1.86 bits per heavy atom. The van der Waals surface area contributed by atoms with Crippen molar-refractivity contribution in [2.75, 3.05) is 18.0 Å². The van der Waals surface area contributed by atoms with Crippen LogP contribution in [0.25, 0.3) is 10.9 Å². The Hall–Kier alpha value is -4.71. The van der Waals surface area contributed by atoms with E-state index in [-0.39, 0.29) is 46.1 Å². The molecular formula is C28H21FN4O4. The number of ether oxygens (including phenoxy) is 1. The molecule has 3 atom stereocenters. The maximum absolute atomic E-state index is 14.4. The van der Waals surface area contributed by atoms with Gasteiger partial charge in [0.15, 0.2) is 11.6 Å². The van der Waals surface area contributed by atoms with Crippen LogP contribution in [0.3, 0.4) is 0 Å². The van der Waals surface area contributed by atoms with Gasteiger partial charge in [-0.3, -0.25) is 9.36 Å². The predicted molar refractivity (Wildman–Crippen MR) is 134 cm³/mol. The first-order chi connectivity index (χ1) is 17.9. The molecule has 2 fully saturated rings. The van der Waals surface area contributed by atoms with Gasteiger partial charge in [0.25, 0.3) is 5.56 Å². The summed E-state index contributed by atoms with van der Waals surface area (Å²) in [6, 6.07) is 16.4. The van der Waals surface area contributed by atoms with E-state index in [0.717, 1.165) is 18.8 Å². The zero-order valence-corrected chi connectivity index (χ0v) is 19.8. The highest BCUT2D eigenvalue weighted by Gasteiger charge is 2.57. The monoisotopic (exact) mass is 496 g/mol. The summed E-state index contributed by atoms with van der Waals surface area (Å²) in [6.07, 6.45) is 1.58. The average molecular weight is 496 g/mol. The Balaban J connectivity index is 1.24. The number of fused-ring (bicyclic) bond motifs is 2. The molecule has 3 aromatic carbocycles. The summed E-state index contributed by atoms with van der Waals surface area (Å²) in [5, 5.41) is 18.9. The molecule has 184 valence electrons. The van der Waals surface area contributed by atoms with Crippen molar-refractivity contribution in [2.45, 2.75) is 13.0 Å². The second kappa shape index (κ2) is 8.45. The number of anilines is 1. The number of halogens is 1. The number of aromatic carboxylic acids is 1. The lowest BCUT2D eigenvalue weighted by atomic mass is 10.1. The lowest BCUT2D eigenvalue weighted by Gasteiger charge is -2.22. The van der Waals surface area contributed by atoms with Gasteiger partial charge in [0.05, 0.1) is 22.8 Å². The van der Waals surface area contributed by atoms with E-state index in [9.17, 15) is 19.2 Å². The number of piperidine rings is 1. The van der Waals surface area contributed by atoms with Gasteiger partial charge < -0.3 is 14.7 Å². The van der Waals surface area contributed by atoms with E-state index in [1.54, 1.807) is 48.1 Å². The number of hydrogen-bond acceptors (Lipinski definition) is 6. The van der Waals surface area contributed by atoms with Crippen LogP contribution < -0.4 is 15.2 Å². The summed E-state index contributed by atoms with van der Waals surface area (Å²) < 4.78 is 21.8. The van der Waals surface area contributed by atoms with Crippen LogP contribution in [0.5, 0.6) is 11.5 Å². The van der Waals surface area contributed by atoms with Gasteiger partial charge >= 0.3 is 5.97 Å². The van der Waals surface area contributed by atoms with Crippen molar-refractivity contribution < 1.29 is 19.0 Å². The van der Waals surface area contributed by atoms with Crippen molar-refractivity contribution in [3.8, 4) is 17.6 Å². The number of rotatable bonds is 5. The molecule has 1 aromatic heterocycles. The van der Waals surface area contributed by atoms with Crippen LogP contribution in [0.15, 0.2) is 65.7 Å². The van der Waals surface area contributed by atoms with Crippen molar-refractivity contribution in [1.29, 1.82) is 5.26 Å². The van der Waals surface area contributed by atoms with E-state index in [1.807, 2.05) is 18.2 Å². The van der Waals surface area contributed by atoms with Crippen LogP contribution in [0.4, 0.5) is 10.1 Å². The molecule has 1 saturated heterocycles. The molecule has 8 nitrogen and oxygen atoms in total. The number of aromatic nitrogens is 2. The summed E-state index contributed by atoms with van der Waals surface area (Å²) in [4.78, 5) is 31.2. The first-order valence-electron chi connectivity index (χ1n) is 11.8. The highest BCUT2D eigenvalue weighted by atomic mass is 19.1. The molecule has 2 aliphatic rings. The fourth-order valence-electron chi connectivity index (χ4n) is 5.34. The SMILES string of the molecule is Cc1ccc(F)c(Oc2ccc3ncn([C@H]4[C@@H]5CN(c6ccc(C(=O)O)cc6)C[C@@H]54)c(=O)c3c2)c1C#N. The average Bonchev–Trinajstić information content (AvgIpc) is 3.37. The maximum Gasteiger partial charge on any atom is 0.335 e. The van der Waals surface area contributed by atoms with Crippen LogP contribution >= 0.6 is 0 Å². The zero-order chi connectivity index (χ0) is 25.8. The lowest BCUT2D eigenvalue weighted by molar-refractivity contribution is 0.0697. The molecule has 1 aliphatic carbocycles. The fraction of sp³-hybridized carbons (Fsp3) is 0.214. The largest absolute Gasteiger partial charge is 0.478 e. The molecular weight excluding hydrogens is 475 g/mol. The smallest absolute Gasteiger partial charge is 0.335 e. The number of hydrogen-bond donors (Lipinski definition) is 1. The maximum atomic E-state index is 14.4. The van der Waals surface area contributed by atoms with Crippen molar-refractivity contribution in [2.24, 2.45) is 11.8 Å². The minimum atomic E-state index is -0.956. The van der Waals surface area contributed by atoms with E-state index in [4.69, 9.17) is 9.84 Å². The molecule has 6 rings (SSSR count). The third kappa shape index (κ3) is 3.78. The van der Waals surface area contributed by atoms with E-state index >= 15 is 0 Å². The van der Waals surface area contributed by atoms with Crippen molar-refractivity contribution in [3.05, 3.63) is 93.8 Å². The van der Waals surface area contributed by atoms with E-state index in [0.29, 0.717) is 16.5 Å². The predicted octanol–water partition coefficient (Wildman–Crippen LogP) is 4.51. The van der Waals surface area contributed by atoms with Crippen molar-refractivity contribution in [1.82, 2.24) is 9.55 Å². The van der Waals surface area contributed by atoms with Crippen molar-refractivity contribution in [3.63, 3.8) is 0 Å². The van der Waals surface area contributed by atoms with Gasteiger partial charge in [-0.05, 0) is 61.0 Å². The van der Waals surface area contributed by atoms with Gasteiger partial charge in [0.2, 0.25) is 0 Å². The number of carboxylic acids is 1. The molecule has 0 amide bonds. The standard InChI is InChI=1S/C28H21FN4O4/c1-15-2-8-23(29)26(20(15)11-30)37-18-7-9-24-19(10-18)27(34)33(14-31-24)25-21-12-32(13-22(21)25)17-5-3-16(4-6-17)28(35)36/h2-10,14,21-22,25H,12-13H2,1H3,(H,35,36)/t21-,22+,25+. The van der Waals surface area contributed by atoms with Crippen LogP contribution in [-0.4, -0.2) is 33.7 Å². The number of carbonyl (C=O) groups is 1. The Labute approximate surface area is 210 Å². The fourth-order valence-corrected chi connectivity index (χ4v) is 5.34. The molecule has 0 unspecified atom stereocenters. The van der Waals surface area contributed by atoms with Crippen LogP contribution in [0.2, 0.25) is 0 Å². The van der Waals surface area contributed by atoms with Gasteiger partial charge in [0.1, 0.15) is 17.4 Å². The summed E-state index contributed by atoms with van der Waals surface area (Å²) >= 11 is 0. The third-order valence-electron chi connectivity index (χ3n) is 7.35. The van der Waals surface area contributed by atoms with Crippen LogP contribution in [-0.2, 0) is 0 Å². The molecule has 1 aliphatic heterocycles. The summed E-state index contributed by atoms with van der Waals surface area (Å²) in [5.74, 6) is -0.956. The normalized spacial score (nSPS) is 19.9. The zero-order valence-electron chi connectivity index (χ0n) is 19.8. The van der Waals surface area contributed by atoms with E-state index in [2.05, 4.69) is 9.88 Å². The Kier molecular flexibility index (Phi) is 5.19. The topological polar surface area (TPSA) is 108 Å². The molecule has 0 spiro atoms. The first-order valence-corrected chi connectivity index (χ1v) is 11.8. The lowest BCUT2D eigenvalue weighted by Crippen LogP contribution is -2.28. The summed E-state index contributed by atoms with van der Waals surface area (Å²) in [7, 11) is 0. The number of aryl methyl sites for hydroxylation is 1. The molecule has 9 heteroatoms. The number of nitriles is 1. The van der Waals surface area contributed by atoms with Crippen LogP contribution in [0, 0.1) is 35.9 Å². The van der Waals surface area contributed by atoms with Gasteiger partial charge in [-0.15, -0.1) is 0 Å². The van der Waals surface area contributed by atoms with Gasteiger partial charge in [-0.2, -0.15) is 5.26 Å². The Morgan fingerprint density at radius 3 is 2.54 bits per heavy atom. The van der Waals surface area contributed by atoms with Crippen LogP contribution in [0.1, 0.15) is 27.5 Å². The Morgan fingerprint density at radius 1 is 1.14 bits per heavy atom. The summed E-state index contributed by atoms with van der Waals surface area (Å²) in [5.41, 5.74) is 2.22. The number of benzene rings is 3. The molecule has 0 bridgehead atoms. The quantitative estimate of drug-likeness (QED) is 0.433. The van der Waals surface area contributed by atoms with Gasteiger partial charge in [-0.1, -0.05) is 6.07 Å². The van der Waals surface area contributed by atoms with Crippen molar-refractivity contribution >= 4 is 22.6 Å². The molecule has 1 saturated carbocycles. The molecule has 1 N–H and O–H groups in total. The molecule has 4 aromatic rings. The molecule has 37 heavy (non-hydrogen) atoms. The van der Waals surface area contributed by atoms with Gasteiger partial charge in [0, 0.05) is 36.7 Å². The minimum absolute atomic E-state index is 0.0305. The number of nitrogens with zero attached hydrogens (tertiary/aromatic N) is 4. The van der Waals surface area contributed by atoms with E-state index in [1.165, 1.54) is 12.1 Å². The molecule has 2 heterocycles. The van der Waals surface area contributed by atoms with Gasteiger partial charge in [-0.25, -0.2) is 14.2 Å².